The summed E-state index contributed by atoms with van der Waals surface area (Å²) in [6.07, 6.45) is 0. The molecule has 0 aliphatic rings. The Morgan fingerprint density at radius 3 is 2.24 bits per heavy atom. The van der Waals surface area contributed by atoms with Gasteiger partial charge in [0.05, 0.1) is 10.6 Å². The average molecular weight is 320 g/mol. The maximum absolute atomic E-state index is 12.8. The van der Waals surface area contributed by atoms with Gasteiger partial charge in [-0.15, -0.1) is 0 Å². The van der Waals surface area contributed by atoms with Crippen LogP contribution in [0.3, 0.4) is 0 Å². The summed E-state index contributed by atoms with van der Waals surface area (Å²) in [5, 5.41) is 3.09. The lowest BCUT2D eigenvalue weighted by atomic mass is 10.0. The molecule has 120 valence electrons. The standard InChI is InChI=1S/C14H22F2N2O2S/c1-10(2)12(9-18(3)4)17-11-7-5-6-8-13(11)21(19,20)14(15)16/h5-8,10,12,14,17H,9H2,1-4H3. The molecule has 1 aromatic rings. The van der Waals surface area contributed by atoms with Gasteiger partial charge in [-0.2, -0.15) is 8.78 Å². The molecule has 0 saturated heterocycles. The van der Waals surface area contributed by atoms with E-state index >= 15 is 0 Å². The van der Waals surface area contributed by atoms with Crippen molar-refractivity contribution in [2.24, 2.45) is 5.92 Å². The molecule has 21 heavy (non-hydrogen) atoms. The quantitative estimate of drug-likeness (QED) is 0.839. The van der Waals surface area contributed by atoms with Crippen LogP contribution in [0.5, 0.6) is 0 Å². The van der Waals surface area contributed by atoms with Crippen LogP contribution in [0.1, 0.15) is 13.8 Å². The Morgan fingerprint density at radius 1 is 1.19 bits per heavy atom. The molecule has 1 unspecified atom stereocenters. The van der Waals surface area contributed by atoms with Crippen LogP contribution in [-0.4, -0.2) is 45.8 Å². The Labute approximate surface area is 125 Å². The Morgan fingerprint density at radius 2 is 1.76 bits per heavy atom. The van der Waals surface area contributed by atoms with Crippen LogP contribution in [-0.2, 0) is 9.84 Å². The minimum Gasteiger partial charge on any atom is -0.380 e. The van der Waals surface area contributed by atoms with E-state index in [2.05, 4.69) is 5.32 Å². The number of hydrogen-bond acceptors (Lipinski definition) is 4. The minimum atomic E-state index is -4.62. The highest BCUT2D eigenvalue weighted by molar-refractivity contribution is 7.91. The highest BCUT2D eigenvalue weighted by Crippen LogP contribution is 2.27. The van der Waals surface area contributed by atoms with Crippen molar-refractivity contribution < 1.29 is 17.2 Å². The molecule has 0 aliphatic carbocycles. The van der Waals surface area contributed by atoms with Gasteiger partial charge in [0.1, 0.15) is 0 Å². The van der Waals surface area contributed by atoms with Crippen molar-refractivity contribution in [2.45, 2.75) is 30.5 Å². The lowest BCUT2D eigenvalue weighted by Crippen LogP contribution is -2.36. The van der Waals surface area contributed by atoms with Gasteiger partial charge in [0.2, 0.25) is 9.84 Å². The van der Waals surface area contributed by atoms with Crippen LogP contribution < -0.4 is 5.32 Å². The highest BCUT2D eigenvalue weighted by atomic mass is 32.2. The maximum Gasteiger partial charge on any atom is 0.341 e. The molecule has 0 aromatic heterocycles. The number of alkyl halides is 2. The van der Waals surface area contributed by atoms with Crippen LogP contribution in [0.15, 0.2) is 29.2 Å². The van der Waals surface area contributed by atoms with Gasteiger partial charge in [0, 0.05) is 12.6 Å². The van der Waals surface area contributed by atoms with E-state index in [9.17, 15) is 17.2 Å². The first-order valence-corrected chi connectivity index (χ1v) is 8.23. The molecule has 0 fully saturated rings. The monoisotopic (exact) mass is 320 g/mol. The Hall–Kier alpha value is -1.21. The van der Waals surface area contributed by atoms with Gasteiger partial charge in [0.15, 0.2) is 0 Å². The van der Waals surface area contributed by atoms with Crippen molar-refractivity contribution in [2.75, 3.05) is 26.0 Å². The van der Waals surface area contributed by atoms with Crippen LogP contribution in [0.4, 0.5) is 14.5 Å². The topological polar surface area (TPSA) is 49.4 Å². The van der Waals surface area contributed by atoms with E-state index in [0.717, 1.165) is 0 Å². The van der Waals surface area contributed by atoms with E-state index in [0.29, 0.717) is 6.54 Å². The summed E-state index contributed by atoms with van der Waals surface area (Å²) in [7, 11) is -0.813. The smallest absolute Gasteiger partial charge is 0.341 e. The van der Waals surface area contributed by atoms with Crippen molar-refractivity contribution >= 4 is 15.5 Å². The molecule has 0 bridgehead atoms. The first-order valence-electron chi connectivity index (χ1n) is 6.68. The molecule has 0 spiro atoms. The van der Waals surface area contributed by atoms with E-state index in [1.54, 1.807) is 6.07 Å². The van der Waals surface area contributed by atoms with Crippen LogP contribution in [0, 0.1) is 5.92 Å². The number of para-hydroxylation sites is 1. The molecular formula is C14H22F2N2O2S. The minimum absolute atomic E-state index is 0.0472. The molecule has 7 heteroatoms. The lowest BCUT2D eigenvalue weighted by molar-refractivity contribution is 0.235. The predicted octanol–water partition coefficient (Wildman–Crippen LogP) is 2.68. The van der Waals surface area contributed by atoms with E-state index < -0.39 is 15.6 Å². The van der Waals surface area contributed by atoms with Crippen LogP contribution in [0.25, 0.3) is 0 Å². The molecule has 0 amide bonds. The molecule has 1 rings (SSSR count). The predicted molar refractivity (Wildman–Crippen MR) is 80.4 cm³/mol. The summed E-state index contributed by atoms with van der Waals surface area (Å²) in [4.78, 5) is 1.60. The maximum atomic E-state index is 12.8. The fourth-order valence-corrected chi connectivity index (χ4v) is 2.84. The number of likely N-dealkylation sites (N-methyl/N-ethyl adjacent to an activating group) is 1. The zero-order chi connectivity index (χ0) is 16.2. The van der Waals surface area contributed by atoms with E-state index in [1.165, 1.54) is 18.2 Å². The molecule has 1 N–H and O–H groups in total. The second-order valence-corrected chi connectivity index (χ2v) is 7.45. The molecular weight excluding hydrogens is 298 g/mol. The van der Waals surface area contributed by atoms with Gasteiger partial charge in [-0.05, 0) is 32.1 Å². The second kappa shape index (κ2) is 7.17. The number of nitrogens with zero attached hydrogens (tertiary/aromatic N) is 1. The number of sulfone groups is 1. The van der Waals surface area contributed by atoms with Gasteiger partial charge >= 0.3 is 5.76 Å². The van der Waals surface area contributed by atoms with Crippen molar-refractivity contribution in [1.82, 2.24) is 4.90 Å². The van der Waals surface area contributed by atoms with E-state index in [4.69, 9.17) is 0 Å². The molecule has 0 aliphatic heterocycles. The summed E-state index contributed by atoms with van der Waals surface area (Å²) in [5.74, 6) is -3.21. The first-order chi connectivity index (χ1) is 9.66. The SMILES string of the molecule is CC(C)C(CN(C)C)Nc1ccccc1S(=O)(=O)C(F)F. The van der Waals surface area contributed by atoms with Gasteiger partial charge in [-0.3, -0.25) is 0 Å². The molecule has 0 heterocycles. The van der Waals surface area contributed by atoms with Gasteiger partial charge in [-0.25, -0.2) is 8.42 Å². The molecule has 4 nitrogen and oxygen atoms in total. The number of anilines is 1. The van der Waals surface area contributed by atoms with Crippen LogP contribution >= 0.6 is 0 Å². The number of benzene rings is 1. The summed E-state index contributed by atoms with van der Waals surface area (Å²) >= 11 is 0. The van der Waals surface area contributed by atoms with Crippen molar-refractivity contribution in [1.29, 1.82) is 0 Å². The number of halogens is 2. The Bertz CT molecular complexity index is 560. The third-order valence-corrected chi connectivity index (χ3v) is 4.57. The lowest BCUT2D eigenvalue weighted by Gasteiger charge is -2.27. The summed E-state index contributed by atoms with van der Waals surface area (Å²) in [6, 6.07) is 5.74. The normalized spacial score (nSPS) is 14.0. The molecule has 1 aromatic carbocycles. The zero-order valence-electron chi connectivity index (χ0n) is 12.7. The largest absolute Gasteiger partial charge is 0.380 e. The average Bonchev–Trinajstić information content (AvgIpc) is 2.37. The number of rotatable bonds is 7. The van der Waals surface area contributed by atoms with Crippen molar-refractivity contribution in [3.63, 3.8) is 0 Å². The number of nitrogens with one attached hydrogen (secondary N) is 1. The van der Waals surface area contributed by atoms with Crippen molar-refractivity contribution in [3.8, 4) is 0 Å². The Kier molecular flexibility index (Phi) is 6.10. The third kappa shape index (κ3) is 4.64. The molecule has 1 atom stereocenters. The molecule has 0 radical (unpaired) electrons. The summed E-state index contributed by atoms with van der Waals surface area (Å²) in [6.45, 7) is 4.65. The Balaban J connectivity index is 3.14. The van der Waals surface area contributed by atoms with Crippen molar-refractivity contribution in [3.05, 3.63) is 24.3 Å². The third-order valence-electron chi connectivity index (χ3n) is 3.14. The second-order valence-electron chi connectivity index (χ2n) is 5.56. The van der Waals surface area contributed by atoms with E-state index in [1.807, 2.05) is 32.8 Å². The van der Waals surface area contributed by atoms with Gasteiger partial charge in [0.25, 0.3) is 0 Å². The summed E-state index contributed by atoms with van der Waals surface area (Å²) < 4.78 is 49.0. The number of hydrogen-bond donors (Lipinski definition) is 1. The first kappa shape index (κ1) is 17.8. The fourth-order valence-electron chi connectivity index (χ4n) is 1.95. The fraction of sp³-hybridized carbons (Fsp3) is 0.571. The summed E-state index contributed by atoms with van der Waals surface area (Å²) in [5.41, 5.74) is 0.221. The highest BCUT2D eigenvalue weighted by Gasteiger charge is 2.29. The zero-order valence-corrected chi connectivity index (χ0v) is 13.5. The van der Waals surface area contributed by atoms with Gasteiger partial charge in [-0.1, -0.05) is 26.0 Å². The van der Waals surface area contributed by atoms with Crippen LogP contribution in [0.2, 0.25) is 0 Å². The van der Waals surface area contributed by atoms with Gasteiger partial charge < -0.3 is 10.2 Å². The molecule has 0 saturated carbocycles. The van der Waals surface area contributed by atoms with E-state index in [-0.39, 0.29) is 22.5 Å².